The molecule has 1 N–H and O–H groups in total. The third-order valence-electron chi connectivity index (χ3n) is 4.15. The Bertz CT molecular complexity index is 772. The van der Waals surface area contributed by atoms with Gasteiger partial charge >= 0.3 is 0 Å². The molecule has 0 radical (unpaired) electrons. The van der Waals surface area contributed by atoms with E-state index in [0.29, 0.717) is 6.54 Å². The van der Waals surface area contributed by atoms with Gasteiger partial charge in [-0.25, -0.2) is 17.5 Å². The number of benzene rings is 1. The van der Waals surface area contributed by atoms with E-state index < -0.39 is 15.8 Å². The molecule has 1 aliphatic rings. The maximum absolute atomic E-state index is 12.9. The number of nitrogens with one attached hydrogen (secondary N) is 1. The van der Waals surface area contributed by atoms with Crippen molar-refractivity contribution in [2.75, 3.05) is 13.1 Å². The first-order valence-electron chi connectivity index (χ1n) is 7.50. The van der Waals surface area contributed by atoms with Gasteiger partial charge < -0.3 is 0 Å². The summed E-state index contributed by atoms with van der Waals surface area (Å²) in [6.45, 7) is 4.15. The van der Waals surface area contributed by atoms with Crippen molar-refractivity contribution >= 4 is 21.4 Å². The zero-order chi connectivity index (χ0) is 16.4. The van der Waals surface area contributed by atoms with Crippen LogP contribution < -0.4 is 4.72 Å². The van der Waals surface area contributed by atoms with E-state index in [1.54, 1.807) is 11.3 Å². The Morgan fingerprint density at radius 1 is 1.30 bits per heavy atom. The highest BCUT2D eigenvalue weighted by Gasteiger charge is 2.23. The van der Waals surface area contributed by atoms with Crippen molar-refractivity contribution in [2.24, 2.45) is 0 Å². The van der Waals surface area contributed by atoms with E-state index in [1.165, 1.54) is 22.6 Å². The van der Waals surface area contributed by atoms with Crippen molar-refractivity contribution in [3.63, 3.8) is 0 Å². The summed E-state index contributed by atoms with van der Waals surface area (Å²) < 4.78 is 40.0. The Morgan fingerprint density at radius 2 is 2.04 bits per heavy atom. The number of fused-ring (bicyclic) bond motifs is 1. The number of sulfonamides is 1. The Kier molecular flexibility index (Phi) is 4.82. The first kappa shape index (κ1) is 16.6. The summed E-state index contributed by atoms with van der Waals surface area (Å²) in [7, 11) is -3.60. The minimum absolute atomic E-state index is 0.0878. The van der Waals surface area contributed by atoms with Crippen molar-refractivity contribution in [2.45, 2.75) is 30.8 Å². The van der Waals surface area contributed by atoms with Crippen LogP contribution in [0.4, 0.5) is 4.39 Å². The molecule has 23 heavy (non-hydrogen) atoms. The monoisotopic (exact) mass is 354 g/mol. The van der Waals surface area contributed by atoms with Crippen molar-refractivity contribution in [3.05, 3.63) is 52.0 Å². The highest BCUT2D eigenvalue weighted by atomic mass is 32.2. The van der Waals surface area contributed by atoms with Crippen LogP contribution in [0, 0.1) is 5.82 Å². The zero-order valence-corrected chi connectivity index (χ0v) is 14.5. The third kappa shape index (κ3) is 3.80. The fourth-order valence-electron chi connectivity index (χ4n) is 2.70. The van der Waals surface area contributed by atoms with Crippen molar-refractivity contribution in [1.29, 1.82) is 0 Å². The smallest absolute Gasteiger partial charge is 0.240 e. The molecule has 0 aliphatic carbocycles. The van der Waals surface area contributed by atoms with Gasteiger partial charge in [-0.2, -0.15) is 0 Å². The average Bonchev–Trinajstić information content (AvgIpc) is 3.00. The normalized spacial score (nSPS) is 17.0. The average molecular weight is 354 g/mol. The molecule has 1 aromatic carbocycles. The van der Waals surface area contributed by atoms with Crippen molar-refractivity contribution in [3.8, 4) is 0 Å². The molecule has 3 rings (SSSR count). The number of hydrogen-bond acceptors (Lipinski definition) is 4. The van der Waals surface area contributed by atoms with E-state index >= 15 is 0 Å². The highest BCUT2D eigenvalue weighted by Crippen LogP contribution is 2.25. The summed E-state index contributed by atoms with van der Waals surface area (Å²) in [6, 6.07) is 7.10. The van der Waals surface area contributed by atoms with Crippen LogP contribution in [-0.2, 0) is 23.0 Å². The van der Waals surface area contributed by atoms with E-state index in [-0.39, 0.29) is 10.9 Å². The molecule has 1 atom stereocenters. The van der Waals surface area contributed by atoms with Gasteiger partial charge in [0.1, 0.15) is 5.82 Å². The highest BCUT2D eigenvalue weighted by molar-refractivity contribution is 7.89. The summed E-state index contributed by atoms with van der Waals surface area (Å²) in [4.78, 5) is 3.80. The molecule has 0 unspecified atom stereocenters. The molecule has 0 fully saturated rings. The molecule has 0 spiro atoms. The molecule has 4 nitrogen and oxygen atoms in total. The Labute approximate surface area is 140 Å². The molecule has 0 amide bonds. The van der Waals surface area contributed by atoms with E-state index in [4.69, 9.17) is 0 Å². The molecule has 7 heteroatoms. The minimum Gasteiger partial charge on any atom is -0.295 e. The lowest BCUT2D eigenvalue weighted by molar-refractivity contribution is 0.193. The summed E-state index contributed by atoms with van der Waals surface area (Å²) in [5.41, 5.74) is 1.34. The van der Waals surface area contributed by atoms with Crippen molar-refractivity contribution in [1.82, 2.24) is 9.62 Å². The molecule has 0 bridgehead atoms. The molecular weight excluding hydrogens is 335 g/mol. The minimum atomic E-state index is -3.60. The Hall–Kier alpha value is -1.28. The van der Waals surface area contributed by atoms with Gasteiger partial charge in [-0.05, 0) is 54.6 Å². The summed E-state index contributed by atoms with van der Waals surface area (Å²) in [6.07, 6.45) is 1.02. The van der Waals surface area contributed by atoms with Crippen LogP contribution in [0.3, 0.4) is 0 Å². The second kappa shape index (κ2) is 6.68. The number of rotatable bonds is 5. The van der Waals surface area contributed by atoms with Gasteiger partial charge in [0.2, 0.25) is 10.0 Å². The summed E-state index contributed by atoms with van der Waals surface area (Å²) in [5, 5.41) is 2.11. The summed E-state index contributed by atoms with van der Waals surface area (Å²) in [5.74, 6) is -0.447. The van der Waals surface area contributed by atoms with Crippen LogP contribution in [0.1, 0.15) is 17.4 Å². The molecule has 2 aromatic rings. The molecular formula is C16H19FN2O2S2. The zero-order valence-electron chi connectivity index (χ0n) is 12.8. The standard InChI is InChI=1S/C16H19FN2O2S2/c1-12(19-8-6-16-13(11-19)7-9-22-16)10-18-23(20,21)15-4-2-14(17)3-5-15/h2-5,7,9,12,18H,6,8,10-11H2,1H3/t12-/m1/s1. The van der Waals surface area contributed by atoms with Gasteiger partial charge in [-0.3, -0.25) is 4.90 Å². The number of hydrogen-bond donors (Lipinski definition) is 1. The van der Waals surface area contributed by atoms with Gasteiger partial charge in [0.15, 0.2) is 0 Å². The fraction of sp³-hybridized carbons (Fsp3) is 0.375. The van der Waals surface area contributed by atoms with Gasteiger partial charge in [0.25, 0.3) is 0 Å². The quantitative estimate of drug-likeness (QED) is 0.898. The molecule has 0 saturated carbocycles. The maximum Gasteiger partial charge on any atom is 0.240 e. The first-order chi connectivity index (χ1) is 11.0. The third-order valence-corrected chi connectivity index (χ3v) is 6.62. The summed E-state index contributed by atoms with van der Waals surface area (Å²) >= 11 is 1.79. The Balaban J connectivity index is 1.60. The van der Waals surface area contributed by atoms with Crippen LogP contribution in [0.15, 0.2) is 40.6 Å². The first-order valence-corrected chi connectivity index (χ1v) is 9.86. The van der Waals surface area contributed by atoms with Crippen LogP contribution in [0.5, 0.6) is 0 Å². The molecule has 1 aromatic heterocycles. The molecule has 0 saturated heterocycles. The molecule has 1 aliphatic heterocycles. The number of halogens is 1. The van der Waals surface area contributed by atoms with Gasteiger partial charge in [-0.15, -0.1) is 11.3 Å². The van der Waals surface area contributed by atoms with Crippen LogP contribution in [0.2, 0.25) is 0 Å². The topological polar surface area (TPSA) is 49.4 Å². The SMILES string of the molecule is C[C@H](CNS(=O)(=O)c1ccc(F)cc1)N1CCc2sccc2C1. The van der Waals surface area contributed by atoms with Gasteiger partial charge in [0, 0.05) is 30.6 Å². The predicted octanol–water partition coefficient (Wildman–Crippen LogP) is 2.61. The maximum atomic E-state index is 12.9. The van der Waals surface area contributed by atoms with Crippen LogP contribution in [-0.4, -0.2) is 32.4 Å². The van der Waals surface area contributed by atoms with Gasteiger partial charge in [-0.1, -0.05) is 0 Å². The van der Waals surface area contributed by atoms with Gasteiger partial charge in [0.05, 0.1) is 4.90 Å². The van der Waals surface area contributed by atoms with Crippen molar-refractivity contribution < 1.29 is 12.8 Å². The van der Waals surface area contributed by atoms with E-state index in [1.807, 2.05) is 6.92 Å². The molecule has 2 heterocycles. The van der Waals surface area contributed by atoms with E-state index in [0.717, 1.165) is 31.6 Å². The number of thiophene rings is 1. The lowest BCUT2D eigenvalue weighted by Gasteiger charge is -2.32. The largest absolute Gasteiger partial charge is 0.295 e. The second-order valence-electron chi connectivity index (χ2n) is 5.74. The lowest BCUT2D eigenvalue weighted by atomic mass is 10.1. The van der Waals surface area contributed by atoms with E-state index in [9.17, 15) is 12.8 Å². The number of nitrogens with zero attached hydrogens (tertiary/aromatic N) is 1. The fourth-order valence-corrected chi connectivity index (χ4v) is 4.71. The van der Waals surface area contributed by atoms with Crippen LogP contribution >= 0.6 is 11.3 Å². The predicted molar refractivity (Wildman–Crippen MR) is 89.5 cm³/mol. The second-order valence-corrected chi connectivity index (χ2v) is 8.51. The lowest BCUT2D eigenvalue weighted by Crippen LogP contribution is -2.44. The van der Waals surface area contributed by atoms with Crippen LogP contribution in [0.25, 0.3) is 0 Å². The molecule has 124 valence electrons. The van der Waals surface area contributed by atoms with E-state index in [2.05, 4.69) is 21.1 Å². The Morgan fingerprint density at radius 3 is 2.78 bits per heavy atom.